The first-order valence-electron chi connectivity index (χ1n) is 10.6. The normalized spacial score (nSPS) is 19.3. The summed E-state index contributed by atoms with van der Waals surface area (Å²) in [6.45, 7) is 4.89. The molecule has 8 nitrogen and oxygen atoms in total. The van der Waals surface area contributed by atoms with Crippen LogP contribution in [0, 0.1) is 5.92 Å². The van der Waals surface area contributed by atoms with Crippen LogP contribution in [0.25, 0.3) is 0 Å². The Morgan fingerprint density at radius 1 is 1.00 bits per heavy atom. The molecular weight excluding hydrogens is 414 g/mol. The Labute approximate surface area is 185 Å². The number of aromatic nitrogens is 1. The number of hydrogen-bond donors (Lipinski definition) is 1. The maximum atomic E-state index is 13.0. The maximum absolute atomic E-state index is 13.0. The molecule has 1 aromatic carbocycles. The van der Waals surface area contributed by atoms with Crippen LogP contribution in [0.4, 0.5) is 10.8 Å². The molecule has 3 amide bonds. The van der Waals surface area contributed by atoms with Crippen molar-refractivity contribution in [2.45, 2.75) is 19.8 Å². The maximum Gasteiger partial charge on any atom is 0.273 e. The summed E-state index contributed by atoms with van der Waals surface area (Å²) in [6, 6.07) is 9.71. The van der Waals surface area contributed by atoms with Gasteiger partial charge in [-0.15, -0.1) is 11.3 Å². The second-order valence-electron chi connectivity index (χ2n) is 7.95. The lowest BCUT2D eigenvalue weighted by Crippen LogP contribution is -2.53. The van der Waals surface area contributed by atoms with E-state index in [1.807, 2.05) is 35.2 Å². The fourth-order valence-electron chi connectivity index (χ4n) is 4.10. The van der Waals surface area contributed by atoms with Crippen molar-refractivity contribution in [2.24, 2.45) is 5.92 Å². The highest BCUT2D eigenvalue weighted by Gasteiger charge is 2.33. The van der Waals surface area contributed by atoms with Crippen LogP contribution in [0.15, 0.2) is 35.7 Å². The van der Waals surface area contributed by atoms with Gasteiger partial charge in [-0.1, -0.05) is 18.2 Å². The highest BCUT2D eigenvalue weighted by atomic mass is 32.1. The van der Waals surface area contributed by atoms with Gasteiger partial charge in [0.05, 0.1) is 5.92 Å². The number of likely N-dealkylation sites (tertiary alicyclic amines) is 1. The highest BCUT2D eigenvalue weighted by Crippen LogP contribution is 2.24. The summed E-state index contributed by atoms with van der Waals surface area (Å²) in [6.07, 6.45) is 1.59. The molecule has 1 N–H and O–H groups in total. The lowest BCUT2D eigenvalue weighted by atomic mass is 9.96. The predicted octanol–water partition coefficient (Wildman–Crippen LogP) is 2.43. The fraction of sp³-hybridized carbons (Fsp3) is 0.455. The zero-order valence-electron chi connectivity index (χ0n) is 17.6. The molecule has 2 aliphatic heterocycles. The van der Waals surface area contributed by atoms with Gasteiger partial charge in [-0.05, 0) is 25.0 Å². The van der Waals surface area contributed by atoms with Gasteiger partial charge in [0.2, 0.25) is 11.8 Å². The summed E-state index contributed by atoms with van der Waals surface area (Å²) in [4.78, 5) is 47.3. The summed E-state index contributed by atoms with van der Waals surface area (Å²) in [7, 11) is 0. The number of piperidine rings is 1. The van der Waals surface area contributed by atoms with Crippen LogP contribution in [0.1, 0.15) is 30.3 Å². The molecule has 1 atom stereocenters. The minimum atomic E-state index is -0.192. The molecule has 1 aromatic heterocycles. The number of carbonyl (C=O) groups is 3. The van der Waals surface area contributed by atoms with Crippen molar-refractivity contribution >= 4 is 39.9 Å². The minimum Gasteiger partial charge on any atom is -0.339 e. The number of anilines is 2. The van der Waals surface area contributed by atoms with Gasteiger partial charge in [0.1, 0.15) is 5.69 Å². The van der Waals surface area contributed by atoms with Gasteiger partial charge >= 0.3 is 0 Å². The number of rotatable bonds is 4. The standard InChI is InChI=1S/C22H27N5O3S/c1-16(28)25-10-12-26(13-11-25)20(29)17-6-5-9-27(14-17)21(30)19-15-31-22(24-19)23-18-7-3-2-4-8-18/h2-4,7-8,15,17H,5-6,9-14H2,1H3,(H,23,24). The molecule has 2 aromatic rings. The van der Waals surface area contributed by atoms with E-state index in [-0.39, 0.29) is 23.6 Å². The van der Waals surface area contributed by atoms with E-state index in [2.05, 4.69) is 10.3 Å². The first-order chi connectivity index (χ1) is 15.0. The van der Waals surface area contributed by atoms with Crippen LogP contribution in [0.3, 0.4) is 0 Å². The van der Waals surface area contributed by atoms with Gasteiger partial charge in [0.25, 0.3) is 5.91 Å². The first kappa shape index (κ1) is 21.3. The van der Waals surface area contributed by atoms with Crippen LogP contribution in [0.5, 0.6) is 0 Å². The molecule has 2 fully saturated rings. The van der Waals surface area contributed by atoms with Crippen molar-refractivity contribution in [3.8, 4) is 0 Å². The van der Waals surface area contributed by atoms with Gasteiger partial charge in [0.15, 0.2) is 5.13 Å². The van der Waals surface area contributed by atoms with Gasteiger partial charge in [0, 0.05) is 57.3 Å². The number of nitrogens with zero attached hydrogens (tertiary/aromatic N) is 4. The molecule has 1 unspecified atom stereocenters. The topological polar surface area (TPSA) is 85.9 Å². The van der Waals surface area contributed by atoms with E-state index in [1.54, 1.807) is 22.1 Å². The predicted molar refractivity (Wildman–Crippen MR) is 119 cm³/mol. The molecule has 0 spiro atoms. The van der Waals surface area contributed by atoms with Gasteiger partial charge < -0.3 is 20.0 Å². The van der Waals surface area contributed by atoms with E-state index in [9.17, 15) is 14.4 Å². The average Bonchev–Trinajstić information content (AvgIpc) is 3.27. The SMILES string of the molecule is CC(=O)N1CCN(C(=O)C2CCCN(C(=O)c3csc(Nc4ccccc4)n3)C2)CC1. The smallest absolute Gasteiger partial charge is 0.273 e. The summed E-state index contributed by atoms with van der Waals surface area (Å²) in [5.74, 6) is -0.185. The van der Waals surface area contributed by atoms with E-state index < -0.39 is 0 Å². The molecule has 0 radical (unpaired) electrons. The lowest BCUT2D eigenvalue weighted by molar-refractivity contribution is -0.142. The molecule has 2 saturated heterocycles. The first-order valence-corrected chi connectivity index (χ1v) is 11.5. The zero-order chi connectivity index (χ0) is 21.8. The number of amides is 3. The Kier molecular flexibility index (Phi) is 6.50. The number of thiazole rings is 1. The molecule has 0 bridgehead atoms. The molecular formula is C22H27N5O3S. The Hall–Kier alpha value is -2.94. The molecule has 4 rings (SSSR count). The van der Waals surface area contributed by atoms with Crippen LogP contribution in [-0.2, 0) is 9.59 Å². The third kappa shape index (κ3) is 5.04. The molecule has 164 valence electrons. The zero-order valence-corrected chi connectivity index (χ0v) is 18.4. The van der Waals surface area contributed by atoms with Crippen LogP contribution >= 0.6 is 11.3 Å². The summed E-state index contributed by atoms with van der Waals surface area (Å²) >= 11 is 1.39. The molecule has 3 heterocycles. The van der Waals surface area contributed by atoms with Gasteiger partial charge in [-0.25, -0.2) is 4.98 Å². The summed E-state index contributed by atoms with van der Waals surface area (Å²) in [5.41, 5.74) is 1.33. The number of nitrogens with one attached hydrogen (secondary N) is 1. The second-order valence-corrected chi connectivity index (χ2v) is 8.81. The van der Waals surface area contributed by atoms with Gasteiger partial charge in [-0.2, -0.15) is 0 Å². The van der Waals surface area contributed by atoms with E-state index in [4.69, 9.17) is 0 Å². The number of carbonyl (C=O) groups excluding carboxylic acids is 3. The number of para-hydroxylation sites is 1. The monoisotopic (exact) mass is 441 g/mol. The lowest BCUT2D eigenvalue weighted by Gasteiger charge is -2.38. The highest BCUT2D eigenvalue weighted by molar-refractivity contribution is 7.14. The quantitative estimate of drug-likeness (QED) is 0.788. The summed E-state index contributed by atoms with van der Waals surface area (Å²) < 4.78 is 0. The van der Waals surface area contributed by atoms with Crippen molar-refractivity contribution in [1.82, 2.24) is 19.7 Å². The Bertz CT molecular complexity index is 940. The average molecular weight is 442 g/mol. The Morgan fingerprint density at radius 3 is 2.42 bits per heavy atom. The van der Waals surface area contributed by atoms with E-state index in [0.29, 0.717) is 50.1 Å². The van der Waals surface area contributed by atoms with Crippen LogP contribution < -0.4 is 5.32 Å². The number of hydrogen-bond acceptors (Lipinski definition) is 6. The van der Waals surface area contributed by atoms with Crippen LogP contribution in [0.2, 0.25) is 0 Å². The van der Waals surface area contributed by atoms with Crippen molar-refractivity contribution in [3.63, 3.8) is 0 Å². The minimum absolute atomic E-state index is 0.0472. The van der Waals surface area contributed by atoms with E-state index in [1.165, 1.54) is 11.3 Å². The van der Waals surface area contributed by atoms with Crippen molar-refractivity contribution in [3.05, 3.63) is 41.4 Å². The largest absolute Gasteiger partial charge is 0.339 e. The Morgan fingerprint density at radius 2 is 1.71 bits per heavy atom. The molecule has 0 aliphatic carbocycles. The molecule has 2 aliphatic rings. The molecule has 9 heteroatoms. The van der Waals surface area contributed by atoms with Crippen molar-refractivity contribution in [1.29, 1.82) is 0 Å². The van der Waals surface area contributed by atoms with Gasteiger partial charge in [-0.3, -0.25) is 14.4 Å². The number of piperazine rings is 1. The number of benzene rings is 1. The van der Waals surface area contributed by atoms with Crippen molar-refractivity contribution < 1.29 is 14.4 Å². The van der Waals surface area contributed by atoms with E-state index in [0.717, 1.165) is 18.5 Å². The Balaban J connectivity index is 1.34. The van der Waals surface area contributed by atoms with Crippen LogP contribution in [-0.4, -0.2) is 76.7 Å². The third-order valence-electron chi connectivity index (χ3n) is 5.84. The third-order valence-corrected chi connectivity index (χ3v) is 6.60. The molecule has 0 saturated carbocycles. The fourth-order valence-corrected chi connectivity index (χ4v) is 4.80. The van der Waals surface area contributed by atoms with E-state index >= 15 is 0 Å². The summed E-state index contributed by atoms with van der Waals surface area (Å²) in [5, 5.41) is 5.64. The molecule has 31 heavy (non-hydrogen) atoms. The second kappa shape index (κ2) is 9.47. The van der Waals surface area contributed by atoms with Crippen molar-refractivity contribution in [2.75, 3.05) is 44.6 Å².